The first-order valence-corrected chi connectivity index (χ1v) is 3.52. The van der Waals surface area contributed by atoms with E-state index in [-0.39, 0.29) is 30.7 Å². The average Bonchev–Trinajstić information content (AvgIpc) is 2.44. The third-order valence-electron chi connectivity index (χ3n) is 2.24. The van der Waals surface area contributed by atoms with Crippen LogP contribution in [0.15, 0.2) is 12.2 Å². The van der Waals surface area contributed by atoms with Gasteiger partial charge in [-0.15, -0.1) is 12.4 Å². The predicted molar refractivity (Wildman–Crippen MR) is 44.2 cm³/mol. The molecular weight excluding hydrogens is 182 g/mol. The Morgan fingerprint density at radius 3 is 2.33 bits per heavy atom. The molecule has 2 aliphatic rings. The predicted octanol–water partition coefficient (Wildman–Crippen LogP) is -0.227. The van der Waals surface area contributed by atoms with Crippen molar-refractivity contribution in [2.24, 2.45) is 11.7 Å². The van der Waals surface area contributed by atoms with Crippen LogP contribution in [0.3, 0.4) is 0 Å². The third kappa shape index (κ3) is 1.12. The fourth-order valence-corrected chi connectivity index (χ4v) is 1.64. The van der Waals surface area contributed by atoms with E-state index in [1.807, 2.05) is 6.08 Å². The summed E-state index contributed by atoms with van der Waals surface area (Å²) in [6.45, 7) is 0. The largest absolute Gasteiger partial charge is 0.481 e. The fraction of sp³-hybridized carbons (Fsp3) is 0.571. The third-order valence-corrected chi connectivity index (χ3v) is 2.24. The van der Waals surface area contributed by atoms with Gasteiger partial charge in [-0.2, -0.15) is 0 Å². The van der Waals surface area contributed by atoms with Crippen molar-refractivity contribution in [2.75, 3.05) is 0 Å². The Morgan fingerprint density at radius 1 is 1.42 bits per heavy atom. The highest BCUT2D eigenvalue weighted by molar-refractivity contribution is 5.85. The molecule has 0 saturated carbocycles. The summed E-state index contributed by atoms with van der Waals surface area (Å²) in [4.78, 5) is 10.6. The van der Waals surface area contributed by atoms with Gasteiger partial charge in [-0.3, -0.25) is 4.79 Å². The molecule has 0 aromatic carbocycles. The molecule has 12 heavy (non-hydrogen) atoms. The lowest BCUT2D eigenvalue weighted by atomic mass is 9.90. The van der Waals surface area contributed by atoms with Crippen LogP contribution in [-0.2, 0) is 9.53 Å². The Morgan fingerprint density at radius 2 is 2.00 bits per heavy atom. The van der Waals surface area contributed by atoms with E-state index in [9.17, 15) is 4.79 Å². The summed E-state index contributed by atoms with van der Waals surface area (Å²) in [5, 5.41) is 8.71. The number of fused-ring (bicyclic) bond motifs is 2. The van der Waals surface area contributed by atoms with Gasteiger partial charge in [0.1, 0.15) is 5.92 Å². The lowest BCUT2D eigenvalue weighted by molar-refractivity contribution is -0.143. The van der Waals surface area contributed by atoms with Crippen molar-refractivity contribution in [1.29, 1.82) is 0 Å². The molecule has 4 atom stereocenters. The van der Waals surface area contributed by atoms with Crippen LogP contribution in [0.2, 0.25) is 0 Å². The molecule has 68 valence electrons. The van der Waals surface area contributed by atoms with Gasteiger partial charge in [0.2, 0.25) is 0 Å². The second-order valence-corrected chi connectivity index (χ2v) is 2.89. The van der Waals surface area contributed by atoms with Gasteiger partial charge < -0.3 is 15.6 Å². The van der Waals surface area contributed by atoms with Crippen molar-refractivity contribution in [3.8, 4) is 0 Å². The number of hydrogen-bond acceptors (Lipinski definition) is 3. The Bertz CT molecular complexity index is 231. The van der Waals surface area contributed by atoms with E-state index in [1.54, 1.807) is 6.08 Å². The molecule has 0 spiro atoms. The van der Waals surface area contributed by atoms with Crippen LogP contribution >= 0.6 is 12.4 Å². The minimum atomic E-state index is -0.866. The van der Waals surface area contributed by atoms with Gasteiger partial charge in [-0.25, -0.2) is 0 Å². The molecule has 2 aliphatic heterocycles. The maximum absolute atomic E-state index is 10.6. The molecule has 0 aromatic rings. The highest BCUT2D eigenvalue weighted by Crippen LogP contribution is 2.32. The van der Waals surface area contributed by atoms with E-state index >= 15 is 0 Å². The molecule has 1 saturated heterocycles. The summed E-state index contributed by atoms with van der Waals surface area (Å²) in [5.41, 5.74) is 5.61. The van der Waals surface area contributed by atoms with Gasteiger partial charge in [0.05, 0.1) is 18.2 Å². The van der Waals surface area contributed by atoms with Gasteiger partial charge in [0.25, 0.3) is 0 Å². The standard InChI is InChI=1S/C7H9NO3.ClH/c8-6-4-2-1-3(11-4)5(6)7(9)10;/h1-6H,8H2,(H,9,10);1H. The Kier molecular flexibility index (Phi) is 2.41. The first-order chi connectivity index (χ1) is 5.20. The molecular formula is C7H10ClNO3. The number of nitrogens with two attached hydrogens (primary N) is 1. The van der Waals surface area contributed by atoms with Crippen LogP contribution in [0.25, 0.3) is 0 Å². The Labute approximate surface area is 75.8 Å². The maximum Gasteiger partial charge on any atom is 0.311 e. The zero-order valence-electron chi connectivity index (χ0n) is 6.21. The van der Waals surface area contributed by atoms with E-state index in [0.29, 0.717) is 0 Å². The van der Waals surface area contributed by atoms with Gasteiger partial charge in [0.15, 0.2) is 0 Å². The fourth-order valence-electron chi connectivity index (χ4n) is 1.64. The quantitative estimate of drug-likeness (QED) is 0.562. The summed E-state index contributed by atoms with van der Waals surface area (Å²) in [6.07, 6.45) is 3.12. The summed E-state index contributed by atoms with van der Waals surface area (Å²) >= 11 is 0. The van der Waals surface area contributed by atoms with Crippen LogP contribution < -0.4 is 5.73 Å². The highest BCUT2D eigenvalue weighted by atomic mass is 35.5. The topological polar surface area (TPSA) is 72.5 Å². The van der Waals surface area contributed by atoms with Gasteiger partial charge in [-0.05, 0) is 0 Å². The second kappa shape index (κ2) is 3.05. The maximum atomic E-state index is 10.6. The number of aliphatic carboxylic acids is 1. The van der Waals surface area contributed by atoms with Gasteiger partial charge in [-0.1, -0.05) is 12.2 Å². The zero-order chi connectivity index (χ0) is 8.01. The molecule has 2 heterocycles. The molecule has 2 bridgehead atoms. The van der Waals surface area contributed by atoms with Gasteiger partial charge >= 0.3 is 5.97 Å². The monoisotopic (exact) mass is 191 g/mol. The molecule has 4 nitrogen and oxygen atoms in total. The van der Waals surface area contributed by atoms with Crippen molar-refractivity contribution in [1.82, 2.24) is 0 Å². The summed E-state index contributed by atoms with van der Waals surface area (Å²) in [5.74, 6) is -1.42. The first-order valence-electron chi connectivity index (χ1n) is 3.52. The number of carboxylic acids is 1. The molecule has 5 heteroatoms. The minimum absolute atomic E-state index is 0. The molecule has 0 aliphatic carbocycles. The number of ether oxygens (including phenoxy) is 1. The number of hydrogen-bond donors (Lipinski definition) is 2. The summed E-state index contributed by atoms with van der Waals surface area (Å²) in [6, 6.07) is -0.373. The van der Waals surface area contributed by atoms with Crippen LogP contribution in [0.5, 0.6) is 0 Å². The molecule has 4 unspecified atom stereocenters. The number of carbonyl (C=O) groups is 1. The minimum Gasteiger partial charge on any atom is -0.481 e. The second-order valence-electron chi connectivity index (χ2n) is 2.89. The van der Waals surface area contributed by atoms with Crippen molar-refractivity contribution < 1.29 is 14.6 Å². The van der Waals surface area contributed by atoms with Crippen molar-refractivity contribution in [3.63, 3.8) is 0 Å². The zero-order valence-corrected chi connectivity index (χ0v) is 7.03. The van der Waals surface area contributed by atoms with Crippen molar-refractivity contribution >= 4 is 18.4 Å². The van der Waals surface area contributed by atoms with E-state index < -0.39 is 11.9 Å². The summed E-state index contributed by atoms with van der Waals surface area (Å²) in [7, 11) is 0. The number of rotatable bonds is 1. The number of halogens is 1. The lowest BCUT2D eigenvalue weighted by Crippen LogP contribution is -2.41. The van der Waals surface area contributed by atoms with Crippen LogP contribution in [0.4, 0.5) is 0 Å². The molecule has 2 rings (SSSR count). The van der Waals surface area contributed by atoms with Crippen LogP contribution in [0.1, 0.15) is 0 Å². The summed E-state index contributed by atoms with van der Waals surface area (Å²) < 4.78 is 5.24. The average molecular weight is 192 g/mol. The normalized spacial score (nSPS) is 42.8. The van der Waals surface area contributed by atoms with Gasteiger partial charge in [0, 0.05) is 0 Å². The van der Waals surface area contributed by atoms with Crippen molar-refractivity contribution in [3.05, 3.63) is 12.2 Å². The Hall–Kier alpha value is -0.580. The smallest absolute Gasteiger partial charge is 0.311 e. The SMILES string of the molecule is Cl.NC1C2C=CC(O2)C1C(=O)O. The van der Waals surface area contributed by atoms with E-state index in [0.717, 1.165) is 0 Å². The molecule has 0 aromatic heterocycles. The molecule has 0 amide bonds. The van der Waals surface area contributed by atoms with Crippen LogP contribution in [0, 0.1) is 5.92 Å². The highest BCUT2D eigenvalue weighted by Gasteiger charge is 2.47. The van der Waals surface area contributed by atoms with E-state index in [2.05, 4.69) is 0 Å². The molecule has 1 fully saturated rings. The van der Waals surface area contributed by atoms with E-state index in [4.69, 9.17) is 15.6 Å². The number of carboxylic acid groups (broad SMARTS) is 1. The molecule has 3 N–H and O–H groups in total. The lowest BCUT2D eigenvalue weighted by Gasteiger charge is -2.16. The van der Waals surface area contributed by atoms with E-state index in [1.165, 1.54) is 0 Å². The molecule has 0 radical (unpaired) electrons. The van der Waals surface area contributed by atoms with Crippen molar-refractivity contribution in [2.45, 2.75) is 18.2 Å². The first kappa shape index (κ1) is 9.51. The Balaban J connectivity index is 0.000000720. The van der Waals surface area contributed by atoms with Crippen LogP contribution in [-0.4, -0.2) is 29.3 Å².